The summed E-state index contributed by atoms with van der Waals surface area (Å²) in [6, 6.07) is 7.51. The van der Waals surface area contributed by atoms with E-state index in [1.165, 1.54) is 0 Å². The molecule has 2 aliphatic rings. The van der Waals surface area contributed by atoms with Gasteiger partial charge in [-0.15, -0.1) is 0 Å². The molecule has 1 saturated heterocycles. The second-order valence-corrected chi connectivity index (χ2v) is 6.38. The number of fused-ring (bicyclic) bond motifs is 1. The van der Waals surface area contributed by atoms with Crippen LogP contribution in [0.4, 0.5) is 0 Å². The van der Waals surface area contributed by atoms with Crippen molar-refractivity contribution in [3.05, 3.63) is 35.4 Å². The Hall–Kier alpha value is -1.88. The number of hydrogen-bond donors (Lipinski definition) is 1. The molecule has 23 heavy (non-hydrogen) atoms. The van der Waals surface area contributed by atoms with Crippen LogP contribution in [0, 0.1) is 0 Å². The molecule has 1 atom stereocenters. The highest BCUT2D eigenvalue weighted by atomic mass is 16.5. The quantitative estimate of drug-likeness (QED) is 0.860. The van der Waals surface area contributed by atoms with Crippen molar-refractivity contribution < 1.29 is 14.3 Å². The summed E-state index contributed by atoms with van der Waals surface area (Å²) in [6.07, 6.45) is 2.84. The van der Waals surface area contributed by atoms with Crippen LogP contribution in [0.3, 0.4) is 0 Å². The number of piperidine rings is 1. The molecule has 2 heterocycles. The van der Waals surface area contributed by atoms with Gasteiger partial charge in [0, 0.05) is 25.6 Å². The minimum Gasteiger partial charge on any atom is -0.448 e. The molecule has 1 aromatic carbocycles. The van der Waals surface area contributed by atoms with E-state index in [0.29, 0.717) is 12.0 Å². The van der Waals surface area contributed by atoms with Crippen molar-refractivity contribution in [1.29, 1.82) is 0 Å². The van der Waals surface area contributed by atoms with Crippen LogP contribution in [0.1, 0.15) is 42.1 Å². The minimum absolute atomic E-state index is 0.165. The van der Waals surface area contributed by atoms with E-state index in [0.717, 1.165) is 44.5 Å². The number of hydrogen-bond acceptors (Lipinski definition) is 4. The monoisotopic (exact) mass is 316 g/mol. The number of ether oxygens (including phenoxy) is 1. The first-order valence-corrected chi connectivity index (χ1v) is 8.49. The number of nitrogens with one attached hydrogen (secondary N) is 1. The predicted octanol–water partition coefficient (Wildman–Crippen LogP) is 1.76. The maximum atomic E-state index is 12.4. The van der Waals surface area contributed by atoms with Crippen molar-refractivity contribution >= 4 is 11.9 Å². The third-order valence-corrected chi connectivity index (χ3v) is 4.66. The lowest BCUT2D eigenvalue weighted by Gasteiger charge is -2.33. The zero-order valence-electron chi connectivity index (χ0n) is 13.6. The lowest BCUT2D eigenvalue weighted by molar-refractivity contribution is -0.131. The highest BCUT2D eigenvalue weighted by molar-refractivity contribution is 5.95. The number of carbonyl (C=O) groups excluding carboxylic acids is 2. The van der Waals surface area contributed by atoms with Crippen LogP contribution in [0.25, 0.3) is 0 Å². The Labute approximate surface area is 137 Å². The molecule has 0 aromatic heterocycles. The first-order chi connectivity index (χ1) is 11.2. The normalized spacial score (nSPS) is 22.3. The number of amides is 1. The molecule has 1 unspecified atom stereocenters. The molecule has 0 bridgehead atoms. The fourth-order valence-corrected chi connectivity index (χ4v) is 3.39. The predicted molar refractivity (Wildman–Crippen MR) is 87.2 cm³/mol. The molecule has 1 N–H and O–H groups in total. The van der Waals surface area contributed by atoms with Gasteiger partial charge in [0.25, 0.3) is 5.91 Å². The standard InChI is InChI=1S/C18H24N2O3/c1-2-9-20-10-7-14(8-11-20)19-17(21)16-12-13-5-3-4-6-15(13)18(22)23-16/h3-6,14,16H,2,7-12H2,1H3,(H,19,21). The lowest BCUT2D eigenvalue weighted by atomic mass is 9.97. The van der Waals surface area contributed by atoms with Crippen molar-refractivity contribution in [3.63, 3.8) is 0 Å². The highest BCUT2D eigenvalue weighted by Gasteiger charge is 2.32. The summed E-state index contributed by atoms with van der Waals surface area (Å²) in [4.78, 5) is 26.9. The van der Waals surface area contributed by atoms with E-state index in [1.807, 2.05) is 18.2 Å². The maximum Gasteiger partial charge on any atom is 0.339 e. The molecule has 0 saturated carbocycles. The van der Waals surface area contributed by atoms with E-state index in [2.05, 4.69) is 17.1 Å². The van der Waals surface area contributed by atoms with Crippen molar-refractivity contribution in [1.82, 2.24) is 10.2 Å². The van der Waals surface area contributed by atoms with Gasteiger partial charge in [0.2, 0.25) is 0 Å². The number of esters is 1. The number of nitrogens with zero attached hydrogens (tertiary/aromatic N) is 1. The van der Waals surface area contributed by atoms with E-state index < -0.39 is 12.1 Å². The van der Waals surface area contributed by atoms with Crippen molar-refractivity contribution in [2.24, 2.45) is 0 Å². The molecule has 5 heteroatoms. The fraction of sp³-hybridized carbons (Fsp3) is 0.556. The molecule has 1 aromatic rings. The van der Waals surface area contributed by atoms with Gasteiger partial charge in [-0.3, -0.25) is 4.79 Å². The number of cyclic esters (lactones) is 1. The van der Waals surface area contributed by atoms with Crippen LogP contribution < -0.4 is 5.32 Å². The van der Waals surface area contributed by atoms with Gasteiger partial charge < -0.3 is 15.0 Å². The summed E-state index contributed by atoms with van der Waals surface area (Å²) in [5.74, 6) is -0.563. The Morgan fingerprint density at radius 1 is 1.30 bits per heavy atom. The summed E-state index contributed by atoms with van der Waals surface area (Å²) < 4.78 is 5.31. The first-order valence-electron chi connectivity index (χ1n) is 8.49. The molecular formula is C18H24N2O3. The Kier molecular flexibility index (Phi) is 4.96. The SMILES string of the molecule is CCCN1CCC(NC(=O)C2Cc3ccccc3C(=O)O2)CC1. The fourth-order valence-electron chi connectivity index (χ4n) is 3.39. The second-order valence-electron chi connectivity index (χ2n) is 6.38. The van der Waals surface area contributed by atoms with Gasteiger partial charge in [0.15, 0.2) is 6.10 Å². The average Bonchev–Trinajstić information content (AvgIpc) is 2.57. The molecule has 5 nitrogen and oxygen atoms in total. The van der Waals surface area contributed by atoms with Crippen LogP contribution in [-0.2, 0) is 16.0 Å². The zero-order chi connectivity index (χ0) is 16.2. The number of likely N-dealkylation sites (tertiary alicyclic amines) is 1. The van der Waals surface area contributed by atoms with Crippen molar-refractivity contribution in [3.8, 4) is 0 Å². The van der Waals surface area contributed by atoms with E-state index in [4.69, 9.17) is 4.74 Å². The summed E-state index contributed by atoms with van der Waals surface area (Å²) in [7, 11) is 0. The molecule has 0 radical (unpaired) electrons. The second kappa shape index (κ2) is 7.13. The topological polar surface area (TPSA) is 58.6 Å². The molecular weight excluding hydrogens is 292 g/mol. The zero-order valence-corrected chi connectivity index (χ0v) is 13.6. The highest BCUT2D eigenvalue weighted by Crippen LogP contribution is 2.21. The van der Waals surface area contributed by atoms with Crippen LogP contribution in [0.15, 0.2) is 24.3 Å². The van der Waals surface area contributed by atoms with Gasteiger partial charge >= 0.3 is 5.97 Å². The molecule has 0 spiro atoms. The lowest BCUT2D eigenvalue weighted by Crippen LogP contribution is -2.49. The Morgan fingerprint density at radius 3 is 2.78 bits per heavy atom. The van der Waals surface area contributed by atoms with Crippen LogP contribution >= 0.6 is 0 Å². The molecule has 2 aliphatic heterocycles. The van der Waals surface area contributed by atoms with Crippen LogP contribution in [0.2, 0.25) is 0 Å². The third-order valence-electron chi connectivity index (χ3n) is 4.66. The van der Waals surface area contributed by atoms with Gasteiger partial charge in [-0.2, -0.15) is 0 Å². The first kappa shape index (κ1) is 16.0. The third kappa shape index (κ3) is 3.72. The van der Waals surface area contributed by atoms with Crippen molar-refractivity contribution in [2.75, 3.05) is 19.6 Å². The maximum absolute atomic E-state index is 12.4. The molecule has 0 aliphatic carbocycles. The molecule has 1 fully saturated rings. The van der Waals surface area contributed by atoms with Crippen molar-refractivity contribution in [2.45, 2.75) is 44.8 Å². The van der Waals surface area contributed by atoms with Crippen LogP contribution in [-0.4, -0.2) is 48.6 Å². The Balaban J connectivity index is 1.55. The van der Waals surface area contributed by atoms with E-state index in [1.54, 1.807) is 6.07 Å². The molecule has 124 valence electrons. The van der Waals surface area contributed by atoms with Gasteiger partial charge in [-0.25, -0.2) is 4.79 Å². The number of carbonyl (C=O) groups is 2. The average molecular weight is 316 g/mol. The Bertz CT molecular complexity index is 579. The van der Waals surface area contributed by atoms with E-state index >= 15 is 0 Å². The largest absolute Gasteiger partial charge is 0.448 e. The summed E-state index contributed by atoms with van der Waals surface area (Å²) >= 11 is 0. The molecule has 3 rings (SSSR count). The Morgan fingerprint density at radius 2 is 2.04 bits per heavy atom. The van der Waals surface area contributed by atoms with Crippen LogP contribution in [0.5, 0.6) is 0 Å². The van der Waals surface area contributed by atoms with Gasteiger partial charge in [-0.1, -0.05) is 25.1 Å². The van der Waals surface area contributed by atoms with Gasteiger partial charge in [0.1, 0.15) is 0 Å². The smallest absolute Gasteiger partial charge is 0.339 e. The van der Waals surface area contributed by atoms with E-state index in [-0.39, 0.29) is 11.9 Å². The number of benzene rings is 1. The summed E-state index contributed by atoms with van der Waals surface area (Å²) in [6.45, 7) is 5.35. The van der Waals surface area contributed by atoms with Gasteiger partial charge in [-0.05, 0) is 37.4 Å². The van der Waals surface area contributed by atoms with Gasteiger partial charge in [0.05, 0.1) is 5.56 Å². The van der Waals surface area contributed by atoms with E-state index in [9.17, 15) is 9.59 Å². The number of rotatable bonds is 4. The summed E-state index contributed by atoms with van der Waals surface area (Å²) in [5.41, 5.74) is 1.46. The summed E-state index contributed by atoms with van der Waals surface area (Å²) in [5, 5.41) is 3.06. The minimum atomic E-state index is -0.703. The molecule has 1 amide bonds.